The molecule has 0 bridgehead atoms. The van der Waals surface area contributed by atoms with Crippen molar-refractivity contribution in [1.82, 2.24) is 25.0 Å². The van der Waals surface area contributed by atoms with Crippen LogP contribution in [0, 0.1) is 5.41 Å². The highest BCUT2D eigenvalue weighted by Crippen LogP contribution is 2.29. The molecule has 0 spiro atoms. The Kier molecular flexibility index (Phi) is 2.88. The average molecular weight is 235 g/mol. The van der Waals surface area contributed by atoms with Gasteiger partial charge in [-0.3, -0.25) is 4.90 Å². The molecule has 0 aromatic carbocycles. The SMILES string of the molecule is CC1(CN2CCn3cnnc3C2)CCNCC1. The zero-order chi connectivity index (χ0) is 11.7. The third-order valence-corrected chi connectivity index (χ3v) is 4.13. The van der Waals surface area contributed by atoms with Gasteiger partial charge in [0.25, 0.3) is 0 Å². The summed E-state index contributed by atoms with van der Waals surface area (Å²) < 4.78 is 2.17. The molecule has 1 aromatic heterocycles. The molecule has 0 amide bonds. The normalized spacial score (nSPS) is 24.5. The minimum Gasteiger partial charge on any atom is -0.317 e. The van der Waals surface area contributed by atoms with Gasteiger partial charge in [0.05, 0.1) is 6.54 Å². The maximum atomic E-state index is 4.18. The van der Waals surface area contributed by atoms with Crippen LogP contribution in [0.3, 0.4) is 0 Å². The number of hydrogen-bond donors (Lipinski definition) is 1. The van der Waals surface area contributed by atoms with Crippen LogP contribution in [0.4, 0.5) is 0 Å². The van der Waals surface area contributed by atoms with Crippen molar-refractivity contribution in [3.8, 4) is 0 Å². The standard InChI is InChI=1S/C12H21N5/c1-12(2-4-13-5-3-12)9-16-6-7-17-10-14-15-11(17)8-16/h10,13H,2-9H2,1H3. The lowest BCUT2D eigenvalue weighted by Crippen LogP contribution is -2.45. The summed E-state index contributed by atoms with van der Waals surface area (Å²) in [5, 5.41) is 11.6. The van der Waals surface area contributed by atoms with Crippen molar-refractivity contribution in [2.45, 2.75) is 32.9 Å². The summed E-state index contributed by atoms with van der Waals surface area (Å²) in [6, 6.07) is 0. The van der Waals surface area contributed by atoms with E-state index in [0.29, 0.717) is 5.41 Å². The fourth-order valence-electron chi connectivity index (χ4n) is 2.98. The summed E-state index contributed by atoms with van der Waals surface area (Å²) in [7, 11) is 0. The molecular formula is C12H21N5. The largest absolute Gasteiger partial charge is 0.317 e. The highest BCUT2D eigenvalue weighted by molar-refractivity contribution is 4.92. The molecule has 5 heteroatoms. The molecule has 0 saturated carbocycles. The van der Waals surface area contributed by atoms with E-state index in [9.17, 15) is 0 Å². The lowest BCUT2D eigenvalue weighted by Gasteiger charge is -2.39. The minimum absolute atomic E-state index is 0.480. The highest BCUT2D eigenvalue weighted by atomic mass is 15.3. The molecule has 0 aliphatic carbocycles. The topological polar surface area (TPSA) is 46.0 Å². The van der Waals surface area contributed by atoms with Gasteiger partial charge in [0.1, 0.15) is 12.2 Å². The Labute approximate surface area is 102 Å². The first-order chi connectivity index (χ1) is 8.25. The second-order valence-electron chi connectivity index (χ2n) is 5.71. The quantitative estimate of drug-likeness (QED) is 0.810. The van der Waals surface area contributed by atoms with Crippen LogP contribution in [0.2, 0.25) is 0 Å². The van der Waals surface area contributed by atoms with Gasteiger partial charge in [-0.15, -0.1) is 10.2 Å². The number of nitrogens with one attached hydrogen (secondary N) is 1. The van der Waals surface area contributed by atoms with Crippen LogP contribution < -0.4 is 5.32 Å². The monoisotopic (exact) mass is 235 g/mol. The molecule has 3 rings (SSSR count). The summed E-state index contributed by atoms with van der Waals surface area (Å²) >= 11 is 0. The summed E-state index contributed by atoms with van der Waals surface area (Å²) in [6.07, 6.45) is 4.42. The van der Waals surface area contributed by atoms with E-state index in [1.807, 2.05) is 6.33 Å². The first-order valence-corrected chi connectivity index (χ1v) is 6.55. The van der Waals surface area contributed by atoms with Gasteiger partial charge in [0.2, 0.25) is 0 Å². The van der Waals surface area contributed by atoms with Crippen molar-refractivity contribution in [3.63, 3.8) is 0 Å². The van der Waals surface area contributed by atoms with Crippen molar-refractivity contribution in [1.29, 1.82) is 0 Å². The number of fused-ring (bicyclic) bond motifs is 1. The van der Waals surface area contributed by atoms with Crippen LogP contribution in [-0.2, 0) is 13.1 Å². The molecule has 0 radical (unpaired) electrons. The number of aromatic nitrogens is 3. The van der Waals surface area contributed by atoms with Crippen molar-refractivity contribution < 1.29 is 0 Å². The summed E-state index contributed by atoms with van der Waals surface area (Å²) in [5.41, 5.74) is 0.480. The summed E-state index contributed by atoms with van der Waals surface area (Å²) in [5.74, 6) is 1.12. The van der Waals surface area contributed by atoms with Gasteiger partial charge in [0, 0.05) is 19.6 Å². The first-order valence-electron chi connectivity index (χ1n) is 6.55. The van der Waals surface area contributed by atoms with Crippen LogP contribution >= 0.6 is 0 Å². The van der Waals surface area contributed by atoms with E-state index < -0.39 is 0 Å². The molecule has 1 N–H and O–H groups in total. The Morgan fingerprint density at radius 1 is 1.35 bits per heavy atom. The maximum absolute atomic E-state index is 4.18. The predicted molar refractivity (Wildman–Crippen MR) is 65.5 cm³/mol. The third kappa shape index (κ3) is 2.35. The molecule has 3 heterocycles. The molecular weight excluding hydrogens is 214 g/mol. The molecule has 5 nitrogen and oxygen atoms in total. The van der Waals surface area contributed by atoms with E-state index >= 15 is 0 Å². The molecule has 94 valence electrons. The Hall–Kier alpha value is -0.940. The highest BCUT2D eigenvalue weighted by Gasteiger charge is 2.30. The fraction of sp³-hybridized carbons (Fsp3) is 0.833. The van der Waals surface area contributed by atoms with E-state index in [0.717, 1.165) is 25.5 Å². The second-order valence-corrected chi connectivity index (χ2v) is 5.71. The molecule has 0 unspecified atom stereocenters. The van der Waals surface area contributed by atoms with Crippen LogP contribution in [-0.4, -0.2) is 45.8 Å². The van der Waals surface area contributed by atoms with Crippen LogP contribution in [0.1, 0.15) is 25.6 Å². The molecule has 0 atom stereocenters. The second kappa shape index (κ2) is 4.38. The average Bonchev–Trinajstić information content (AvgIpc) is 2.76. The van der Waals surface area contributed by atoms with Gasteiger partial charge in [-0.25, -0.2) is 0 Å². The molecule has 1 aromatic rings. The van der Waals surface area contributed by atoms with E-state index in [1.165, 1.54) is 32.5 Å². The first kappa shape index (κ1) is 11.2. The van der Waals surface area contributed by atoms with Crippen LogP contribution in [0.5, 0.6) is 0 Å². The van der Waals surface area contributed by atoms with Crippen molar-refractivity contribution in [2.24, 2.45) is 5.41 Å². The Balaban J connectivity index is 1.63. The van der Waals surface area contributed by atoms with E-state index in [4.69, 9.17) is 0 Å². The Bertz CT molecular complexity index is 380. The zero-order valence-electron chi connectivity index (χ0n) is 10.5. The van der Waals surface area contributed by atoms with E-state index in [2.05, 4.69) is 31.9 Å². The molecule has 17 heavy (non-hydrogen) atoms. The number of hydrogen-bond acceptors (Lipinski definition) is 4. The van der Waals surface area contributed by atoms with Gasteiger partial charge in [-0.05, 0) is 31.3 Å². The minimum atomic E-state index is 0.480. The van der Waals surface area contributed by atoms with Crippen molar-refractivity contribution in [2.75, 3.05) is 26.2 Å². The number of nitrogens with zero attached hydrogens (tertiary/aromatic N) is 4. The molecule has 2 aliphatic heterocycles. The third-order valence-electron chi connectivity index (χ3n) is 4.13. The van der Waals surface area contributed by atoms with Crippen molar-refractivity contribution in [3.05, 3.63) is 12.2 Å². The smallest absolute Gasteiger partial charge is 0.147 e. The molecule has 1 saturated heterocycles. The lowest BCUT2D eigenvalue weighted by molar-refractivity contribution is 0.106. The maximum Gasteiger partial charge on any atom is 0.147 e. The Morgan fingerprint density at radius 2 is 2.18 bits per heavy atom. The molecule has 2 aliphatic rings. The van der Waals surface area contributed by atoms with Gasteiger partial charge in [-0.1, -0.05) is 6.92 Å². The summed E-state index contributed by atoms with van der Waals surface area (Å²) in [6.45, 7) is 9.09. The van der Waals surface area contributed by atoms with Crippen LogP contribution in [0.15, 0.2) is 6.33 Å². The van der Waals surface area contributed by atoms with Gasteiger partial charge < -0.3 is 9.88 Å². The van der Waals surface area contributed by atoms with Gasteiger partial charge >= 0.3 is 0 Å². The lowest BCUT2D eigenvalue weighted by atomic mass is 9.80. The van der Waals surface area contributed by atoms with Crippen LogP contribution in [0.25, 0.3) is 0 Å². The van der Waals surface area contributed by atoms with Gasteiger partial charge in [0.15, 0.2) is 0 Å². The Morgan fingerprint density at radius 3 is 3.00 bits per heavy atom. The predicted octanol–water partition coefficient (Wildman–Crippen LogP) is 0.483. The summed E-state index contributed by atoms with van der Waals surface area (Å²) in [4.78, 5) is 2.54. The fourth-order valence-corrected chi connectivity index (χ4v) is 2.98. The zero-order valence-corrected chi connectivity index (χ0v) is 10.5. The van der Waals surface area contributed by atoms with E-state index in [1.54, 1.807) is 0 Å². The van der Waals surface area contributed by atoms with E-state index in [-0.39, 0.29) is 0 Å². The van der Waals surface area contributed by atoms with Crippen molar-refractivity contribution >= 4 is 0 Å². The van der Waals surface area contributed by atoms with Gasteiger partial charge in [-0.2, -0.15) is 0 Å². The molecule has 1 fully saturated rings. The number of rotatable bonds is 2. The number of piperidine rings is 1.